The number of unbranched alkanes of at least 4 members (excludes halogenated alkanes) is 4. The highest BCUT2D eigenvalue weighted by Gasteiger charge is 2.43. The number of pyridine rings is 1. The number of hydrogen-bond acceptors (Lipinski definition) is 7. The second-order valence-electron chi connectivity index (χ2n) is 14.7. The monoisotopic (exact) mass is 818 g/mol. The first-order valence-electron chi connectivity index (χ1n) is 18.8. The lowest BCUT2D eigenvalue weighted by atomic mass is 9.93. The molecule has 0 saturated carbocycles. The van der Waals surface area contributed by atoms with Gasteiger partial charge < -0.3 is 9.67 Å². The van der Waals surface area contributed by atoms with Crippen LogP contribution >= 0.6 is 0 Å². The van der Waals surface area contributed by atoms with Crippen molar-refractivity contribution in [3.05, 3.63) is 127 Å². The summed E-state index contributed by atoms with van der Waals surface area (Å²) in [6.07, 6.45) is -1.27. The fourth-order valence-electron chi connectivity index (χ4n) is 7.93. The summed E-state index contributed by atoms with van der Waals surface area (Å²) in [5.74, 6) is -0.822. The van der Waals surface area contributed by atoms with Crippen molar-refractivity contribution in [2.45, 2.75) is 62.2 Å². The highest BCUT2D eigenvalue weighted by atomic mass is 32.2. The van der Waals surface area contributed by atoms with Crippen LogP contribution in [0, 0.1) is 0 Å². The molecule has 0 saturated heterocycles. The number of sulfonamides is 1. The standard InChI is InChI=1S/C41H41F3N6O7S/c1-46-32(45-36-35(46)37(52)48(3)40(55)47(36)2)19-7-5-4-6-10-20-49-24-31(39(53)54)50-33(51)23-28(21-26-15-11-14-25-13-8-9-18-30(25)26)34(38(50)58(49,56)57)27-16-12-17-29(22-27)41(42,43)44/h8-9,11-18,22-23,31H,4-7,10,19-21,24H2,1-3H3,(H,53,54). The van der Waals surface area contributed by atoms with Gasteiger partial charge in [-0.2, -0.15) is 17.5 Å². The molecule has 17 heteroatoms. The molecule has 1 atom stereocenters. The molecule has 0 aliphatic carbocycles. The number of carboxylic acid groups (broad SMARTS) is 1. The third kappa shape index (κ3) is 7.28. The number of carbonyl (C=O) groups is 1. The lowest BCUT2D eigenvalue weighted by molar-refractivity contribution is -0.141. The Bertz CT molecular complexity index is 2890. The first kappa shape index (κ1) is 40.4. The maximum absolute atomic E-state index is 14.6. The molecule has 13 nitrogen and oxygen atoms in total. The number of imidazole rings is 1. The average molecular weight is 819 g/mol. The number of benzene rings is 3. The summed E-state index contributed by atoms with van der Waals surface area (Å²) >= 11 is 0. The Morgan fingerprint density at radius 3 is 2.28 bits per heavy atom. The van der Waals surface area contributed by atoms with Gasteiger partial charge in [0, 0.05) is 52.3 Å². The van der Waals surface area contributed by atoms with Crippen molar-refractivity contribution >= 4 is 37.9 Å². The van der Waals surface area contributed by atoms with Gasteiger partial charge in [0.2, 0.25) is 0 Å². The van der Waals surface area contributed by atoms with E-state index in [2.05, 4.69) is 4.98 Å². The summed E-state index contributed by atoms with van der Waals surface area (Å²) in [4.78, 5) is 56.2. The average Bonchev–Trinajstić information content (AvgIpc) is 3.52. The van der Waals surface area contributed by atoms with Crippen LogP contribution in [-0.4, -0.2) is 60.1 Å². The molecule has 0 bridgehead atoms. The summed E-state index contributed by atoms with van der Waals surface area (Å²) in [6, 6.07) is 16.5. The molecule has 7 rings (SSSR count). The lowest BCUT2D eigenvalue weighted by Gasteiger charge is -2.35. The molecule has 1 unspecified atom stereocenters. The summed E-state index contributed by atoms with van der Waals surface area (Å²) in [5.41, 5.74) is -1.65. The van der Waals surface area contributed by atoms with Gasteiger partial charge in [-0.25, -0.2) is 23.0 Å². The summed E-state index contributed by atoms with van der Waals surface area (Å²) in [6.45, 7) is -0.623. The molecular formula is C41H41F3N6O7S. The van der Waals surface area contributed by atoms with E-state index in [0.717, 1.165) is 50.3 Å². The molecule has 304 valence electrons. The third-order valence-electron chi connectivity index (χ3n) is 11.0. The van der Waals surface area contributed by atoms with Crippen molar-refractivity contribution < 1.29 is 31.5 Å². The smallest absolute Gasteiger partial charge is 0.416 e. The van der Waals surface area contributed by atoms with Gasteiger partial charge in [0.15, 0.2) is 16.2 Å². The molecule has 0 radical (unpaired) electrons. The van der Waals surface area contributed by atoms with Gasteiger partial charge in [0.05, 0.1) is 5.56 Å². The van der Waals surface area contributed by atoms with Crippen LogP contribution in [0.25, 0.3) is 33.1 Å². The Hall–Kier alpha value is -5.81. The largest absolute Gasteiger partial charge is 0.480 e. The number of halogens is 3. The van der Waals surface area contributed by atoms with Gasteiger partial charge in [-0.15, -0.1) is 0 Å². The molecule has 1 aliphatic heterocycles. The van der Waals surface area contributed by atoms with E-state index in [1.54, 1.807) is 30.8 Å². The maximum Gasteiger partial charge on any atom is 0.416 e. The SMILES string of the molecule is Cn1c(=O)c2c(nc(CCCCCCCN3CC(C(=O)O)n4c(c(-c5cccc(C(F)(F)F)c5)c(Cc5cccc6ccccc56)cc4=O)S3(=O)=O)n2C)n(C)c1=O. The Labute approximate surface area is 330 Å². The highest BCUT2D eigenvalue weighted by Crippen LogP contribution is 2.40. The minimum absolute atomic E-state index is 0.0215. The zero-order valence-corrected chi connectivity index (χ0v) is 32.8. The van der Waals surface area contributed by atoms with Crippen LogP contribution in [0.4, 0.5) is 13.2 Å². The summed E-state index contributed by atoms with van der Waals surface area (Å²) in [5, 5.41) is 11.4. The first-order chi connectivity index (χ1) is 27.5. The van der Waals surface area contributed by atoms with Crippen LogP contribution in [0.1, 0.15) is 60.7 Å². The predicted molar refractivity (Wildman–Crippen MR) is 211 cm³/mol. The van der Waals surface area contributed by atoms with Gasteiger partial charge in [-0.1, -0.05) is 73.9 Å². The van der Waals surface area contributed by atoms with Crippen molar-refractivity contribution in [2.24, 2.45) is 21.1 Å². The van der Waals surface area contributed by atoms with E-state index in [-0.39, 0.29) is 29.7 Å². The fourth-order valence-corrected chi connectivity index (χ4v) is 9.86. The number of carboxylic acids is 1. The zero-order chi connectivity index (χ0) is 41.7. The Morgan fingerprint density at radius 1 is 0.845 bits per heavy atom. The molecule has 58 heavy (non-hydrogen) atoms. The van der Waals surface area contributed by atoms with Crippen LogP contribution in [0.15, 0.2) is 92.2 Å². The number of alkyl halides is 3. The van der Waals surface area contributed by atoms with Crippen molar-refractivity contribution in [1.29, 1.82) is 0 Å². The fraction of sp³-hybridized carbons (Fsp3) is 0.341. The number of fused-ring (bicyclic) bond motifs is 3. The van der Waals surface area contributed by atoms with Crippen molar-refractivity contribution in [3.8, 4) is 11.1 Å². The molecule has 0 spiro atoms. The van der Waals surface area contributed by atoms with Crippen molar-refractivity contribution in [3.63, 3.8) is 0 Å². The van der Waals surface area contributed by atoms with Crippen LogP contribution < -0.4 is 16.8 Å². The second-order valence-corrected chi connectivity index (χ2v) is 16.5. The van der Waals surface area contributed by atoms with E-state index in [1.807, 2.05) is 30.3 Å². The maximum atomic E-state index is 14.6. The molecule has 0 amide bonds. The lowest BCUT2D eigenvalue weighted by Crippen LogP contribution is -2.50. The minimum Gasteiger partial charge on any atom is -0.480 e. The summed E-state index contributed by atoms with van der Waals surface area (Å²) < 4.78 is 77.2. The summed E-state index contributed by atoms with van der Waals surface area (Å²) in [7, 11) is 0.0493. The van der Waals surface area contributed by atoms with Gasteiger partial charge in [-0.3, -0.25) is 23.3 Å². The van der Waals surface area contributed by atoms with Gasteiger partial charge in [0.25, 0.3) is 21.1 Å². The number of aliphatic carboxylic acids is 1. The molecule has 1 aliphatic rings. The molecular weight excluding hydrogens is 778 g/mol. The van der Waals surface area contributed by atoms with E-state index < -0.39 is 62.2 Å². The number of hydrogen-bond donors (Lipinski definition) is 1. The third-order valence-corrected chi connectivity index (χ3v) is 12.9. The molecule has 6 aromatic rings. The topological polar surface area (TPSA) is 158 Å². The Morgan fingerprint density at radius 2 is 1.53 bits per heavy atom. The second kappa shape index (κ2) is 15.5. The van der Waals surface area contributed by atoms with E-state index in [4.69, 9.17) is 0 Å². The van der Waals surface area contributed by atoms with Crippen LogP contribution in [0.2, 0.25) is 0 Å². The van der Waals surface area contributed by atoms with E-state index in [9.17, 15) is 45.9 Å². The van der Waals surface area contributed by atoms with E-state index >= 15 is 0 Å². The van der Waals surface area contributed by atoms with Gasteiger partial charge in [0.1, 0.15) is 11.9 Å². The number of nitrogens with zero attached hydrogens (tertiary/aromatic N) is 6. The van der Waals surface area contributed by atoms with Crippen LogP contribution in [0.5, 0.6) is 0 Å². The predicted octanol–water partition coefficient (Wildman–Crippen LogP) is 5.39. The Kier molecular flexibility index (Phi) is 10.8. The number of aryl methyl sites for hydroxylation is 3. The number of aromatic nitrogens is 5. The Balaban J connectivity index is 1.17. The molecule has 3 aromatic carbocycles. The highest BCUT2D eigenvalue weighted by molar-refractivity contribution is 7.89. The van der Waals surface area contributed by atoms with Crippen molar-refractivity contribution in [2.75, 3.05) is 13.1 Å². The van der Waals surface area contributed by atoms with Crippen molar-refractivity contribution in [1.82, 2.24) is 27.6 Å². The van der Waals surface area contributed by atoms with E-state index in [1.165, 1.54) is 17.7 Å². The van der Waals surface area contributed by atoms with Crippen LogP contribution in [0.3, 0.4) is 0 Å². The molecule has 4 heterocycles. The quantitative estimate of drug-likeness (QED) is 0.161. The van der Waals surface area contributed by atoms with Gasteiger partial charge in [-0.05, 0) is 58.9 Å². The zero-order valence-electron chi connectivity index (χ0n) is 32.0. The molecule has 0 fully saturated rings. The minimum atomic E-state index is -4.77. The van der Waals surface area contributed by atoms with E-state index in [0.29, 0.717) is 59.2 Å². The first-order valence-corrected chi connectivity index (χ1v) is 20.2. The normalized spacial score (nSPS) is 15.6. The molecule has 1 N–H and O–H groups in total. The van der Waals surface area contributed by atoms with Gasteiger partial charge >= 0.3 is 17.8 Å². The number of rotatable bonds is 12. The van der Waals surface area contributed by atoms with Crippen LogP contribution in [-0.2, 0) is 55.0 Å². The molecule has 3 aromatic heterocycles.